The number of ether oxygens (including phenoxy) is 1. The molecule has 0 radical (unpaired) electrons. The highest BCUT2D eigenvalue weighted by molar-refractivity contribution is 5.46. The molecule has 1 aromatic carbocycles. The molecule has 0 amide bonds. The number of hydrogen-bond donors (Lipinski definition) is 1. The van der Waals surface area contributed by atoms with Gasteiger partial charge in [0.25, 0.3) is 0 Å². The molecule has 0 atom stereocenters. The topological polar surface area (TPSA) is 21.3 Å². The van der Waals surface area contributed by atoms with Gasteiger partial charge in [-0.15, -0.1) is 0 Å². The zero-order valence-electron chi connectivity index (χ0n) is 10.6. The number of anilines is 1. The van der Waals surface area contributed by atoms with Gasteiger partial charge in [0.1, 0.15) is 5.76 Å². The second-order valence-corrected chi connectivity index (χ2v) is 3.64. The number of hydrogen-bond acceptors (Lipinski definition) is 2. The van der Waals surface area contributed by atoms with Gasteiger partial charge >= 0.3 is 0 Å². The molecule has 0 aliphatic carbocycles. The molecule has 2 heteroatoms. The summed E-state index contributed by atoms with van der Waals surface area (Å²) < 4.78 is 5.15. The van der Waals surface area contributed by atoms with Gasteiger partial charge in [-0.05, 0) is 44.2 Å². The van der Waals surface area contributed by atoms with Crippen LogP contribution in [0.4, 0.5) is 5.69 Å². The maximum absolute atomic E-state index is 5.15. The van der Waals surface area contributed by atoms with Crippen molar-refractivity contribution in [3.8, 4) is 0 Å². The van der Waals surface area contributed by atoms with Crippen LogP contribution in [0.1, 0.15) is 12.5 Å². The molecule has 0 bridgehead atoms. The van der Waals surface area contributed by atoms with Crippen LogP contribution in [0.2, 0.25) is 0 Å². The third kappa shape index (κ3) is 5.07. The van der Waals surface area contributed by atoms with Gasteiger partial charge in [-0.3, -0.25) is 0 Å². The minimum Gasteiger partial charge on any atom is -0.497 e. The van der Waals surface area contributed by atoms with Crippen molar-refractivity contribution in [2.24, 2.45) is 0 Å². The van der Waals surface area contributed by atoms with E-state index in [1.807, 2.05) is 49.6 Å². The van der Waals surface area contributed by atoms with E-state index in [0.717, 1.165) is 11.4 Å². The second-order valence-electron chi connectivity index (χ2n) is 3.64. The zero-order valence-corrected chi connectivity index (χ0v) is 10.6. The molecule has 90 valence electrons. The predicted octanol–water partition coefficient (Wildman–Crippen LogP) is 4.03. The third-order valence-electron chi connectivity index (χ3n) is 2.22. The molecule has 0 fully saturated rings. The van der Waals surface area contributed by atoms with E-state index in [4.69, 9.17) is 4.74 Å². The molecule has 0 aliphatic rings. The first kappa shape index (κ1) is 13.1. The van der Waals surface area contributed by atoms with Crippen LogP contribution in [0.25, 0.3) is 0 Å². The Labute approximate surface area is 103 Å². The van der Waals surface area contributed by atoms with Crippen LogP contribution in [-0.2, 0) is 4.74 Å². The van der Waals surface area contributed by atoms with E-state index in [2.05, 4.69) is 24.4 Å². The first-order valence-electron chi connectivity index (χ1n) is 5.63. The van der Waals surface area contributed by atoms with E-state index in [9.17, 15) is 0 Å². The first-order valence-corrected chi connectivity index (χ1v) is 5.63. The third-order valence-corrected chi connectivity index (χ3v) is 2.22. The molecular weight excluding hydrogens is 210 g/mol. The summed E-state index contributed by atoms with van der Waals surface area (Å²) in [5, 5.41) is 3.19. The highest BCUT2D eigenvalue weighted by atomic mass is 16.5. The maximum atomic E-state index is 5.15. The van der Waals surface area contributed by atoms with Crippen molar-refractivity contribution in [2.75, 3.05) is 12.4 Å². The van der Waals surface area contributed by atoms with Crippen LogP contribution in [0, 0.1) is 6.92 Å². The largest absolute Gasteiger partial charge is 0.497 e. The van der Waals surface area contributed by atoms with Crippen LogP contribution in [0.15, 0.2) is 60.5 Å². The first-order chi connectivity index (χ1) is 8.26. The van der Waals surface area contributed by atoms with Crippen molar-refractivity contribution in [1.82, 2.24) is 0 Å². The maximum Gasteiger partial charge on any atom is 0.118 e. The van der Waals surface area contributed by atoms with Crippen LogP contribution in [0.3, 0.4) is 0 Å². The van der Waals surface area contributed by atoms with Crippen LogP contribution < -0.4 is 5.32 Å². The Bertz CT molecular complexity index is 413. The summed E-state index contributed by atoms with van der Waals surface area (Å²) in [5.41, 5.74) is 2.33. The van der Waals surface area contributed by atoms with Crippen molar-refractivity contribution >= 4 is 5.69 Å². The Hall–Kier alpha value is -1.96. The van der Waals surface area contributed by atoms with Gasteiger partial charge in [-0.25, -0.2) is 0 Å². The fraction of sp³-hybridized carbons (Fsp3) is 0.200. The lowest BCUT2D eigenvalue weighted by molar-refractivity contribution is 0.307. The SMILES string of the molecule is C\C=C/C(=C\C=C\Nc1ccc(C)cc1)OC. The minimum absolute atomic E-state index is 0.828. The van der Waals surface area contributed by atoms with Gasteiger partial charge in [-0.1, -0.05) is 23.8 Å². The number of allylic oxidation sites excluding steroid dienone is 4. The van der Waals surface area contributed by atoms with Crippen LogP contribution >= 0.6 is 0 Å². The average molecular weight is 229 g/mol. The monoisotopic (exact) mass is 229 g/mol. The summed E-state index contributed by atoms with van der Waals surface area (Å²) in [6.45, 7) is 4.03. The molecule has 17 heavy (non-hydrogen) atoms. The molecule has 2 nitrogen and oxygen atoms in total. The Kier molecular flexibility index (Phi) is 5.66. The van der Waals surface area contributed by atoms with Gasteiger partial charge in [0.15, 0.2) is 0 Å². The number of benzene rings is 1. The predicted molar refractivity (Wildman–Crippen MR) is 73.8 cm³/mol. The minimum atomic E-state index is 0.828. The molecule has 1 rings (SSSR count). The van der Waals surface area contributed by atoms with E-state index in [0.29, 0.717) is 0 Å². The van der Waals surface area contributed by atoms with Gasteiger partial charge in [0.05, 0.1) is 7.11 Å². The summed E-state index contributed by atoms with van der Waals surface area (Å²) in [6, 6.07) is 8.25. The Morgan fingerprint density at radius 1 is 1.24 bits per heavy atom. The van der Waals surface area contributed by atoms with E-state index >= 15 is 0 Å². The quantitative estimate of drug-likeness (QED) is 0.608. The molecule has 0 aromatic heterocycles. The lowest BCUT2D eigenvalue weighted by Gasteiger charge is -2.00. The van der Waals surface area contributed by atoms with Gasteiger partial charge in [0, 0.05) is 11.9 Å². The normalized spacial score (nSPS) is 12.3. The average Bonchev–Trinajstić information content (AvgIpc) is 2.35. The van der Waals surface area contributed by atoms with Crippen molar-refractivity contribution in [3.05, 3.63) is 66.1 Å². The lowest BCUT2D eigenvalue weighted by Crippen LogP contribution is -1.86. The van der Waals surface area contributed by atoms with Crippen molar-refractivity contribution in [2.45, 2.75) is 13.8 Å². The fourth-order valence-corrected chi connectivity index (χ4v) is 1.29. The van der Waals surface area contributed by atoms with Crippen molar-refractivity contribution < 1.29 is 4.74 Å². The number of methoxy groups -OCH3 is 1. The molecule has 0 saturated heterocycles. The second kappa shape index (κ2) is 7.34. The molecule has 0 aliphatic heterocycles. The van der Waals surface area contributed by atoms with Crippen LogP contribution in [0.5, 0.6) is 0 Å². The van der Waals surface area contributed by atoms with Crippen molar-refractivity contribution in [1.29, 1.82) is 0 Å². The van der Waals surface area contributed by atoms with Gasteiger partial charge < -0.3 is 10.1 Å². The standard InChI is InChI=1S/C15H19NO/c1-4-6-15(17-3)7-5-12-16-14-10-8-13(2)9-11-14/h4-12,16H,1-3H3/b6-4-,12-5+,15-7+. The highest BCUT2D eigenvalue weighted by Gasteiger charge is 1.87. The number of nitrogens with one attached hydrogen (secondary N) is 1. The number of aryl methyl sites for hydroxylation is 1. The van der Waals surface area contributed by atoms with Crippen LogP contribution in [-0.4, -0.2) is 7.11 Å². The molecule has 0 heterocycles. The van der Waals surface area contributed by atoms with E-state index in [-0.39, 0.29) is 0 Å². The Balaban J connectivity index is 2.52. The summed E-state index contributed by atoms with van der Waals surface area (Å²) in [4.78, 5) is 0. The van der Waals surface area contributed by atoms with E-state index < -0.39 is 0 Å². The zero-order chi connectivity index (χ0) is 12.5. The van der Waals surface area contributed by atoms with E-state index in [1.54, 1.807) is 7.11 Å². The highest BCUT2D eigenvalue weighted by Crippen LogP contribution is 2.08. The molecule has 0 saturated carbocycles. The van der Waals surface area contributed by atoms with Crippen molar-refractivity contribution in [3.63, 3.8) is 0 Å². The summed E-state index contributed by atoms with van der Waals surface area (Å²) >= 11 is 0. The van der Waals surface area contributed by atoms with E-state index in [1.165, 1.54) is 5.56 Å². The smallest absolute Gasteiger partial charge is 0.118 e. The molecule has 0 unspecified atom stereocenters. The molecule has 0 spiro atoms. The summed E-state index contributed by atoms with van der Waals surface area (Å²) in [6.07, 6.45) is 9.56. The van der Waals surface area contributed by atoms with Gasteiger partial charge in [0.2, 0.25) is 0 Å². The molecule has 1 aromatic rings. The summed E-state index contributed by atoms with van der Waals surface area (Å²) in [5.74, 6) is 0.828. The lowest BCUT2D eigenvalue weighted by atomic mass is 10.2. The Morgan fingerprint density at radius 3 is 2.53 bits per heavy atom. The van der Waals surface area contributed by atoms with Gasteiger partial charge in [-0.2, -0.15) is 0 Å². The number of rotatable bonds is 5. The summed E-state index contributed by atoms with van der Waals surface area (Å²) in [7, 11) is 1.66. The fourth-order valence-electron chi connectivity index (χ4n) is 1.29. The molecular formula is C15H19NO. The molecule has 1 N–H and O–H groups in total. The Morgan fingerprint density at radius 2 is 1.94 bits per heavy atom.